The van der Waals surface area contributed by atoms with Crippen molar-refractivity contribution in [2.24, 2.45) is 0 Å². The van der Waals surface area contributed by atoms with Gasteiger partial charge in [-0.2, -0.15) is 0 Å². The number of nitrogens with zero attached hydrogens (tertiary/aromatic N) is 1. The summed E-state index contributed by atoms with van der Waals surface area (Å²) in [5.41, 5.74) is 2.84. The lowest BCUT2D eigenvalue weighted by molar-refractivity contribution is -0.147. The van der Waals surface area contributed by atoms with Gasteiger partial charge in [-0.05, 0) is 32.4 Å². The van der Waals surface area contributed by atoms with Crippen molar-refractivity contribution in [2.75, 3.05) is 11.9 Å². The largest absolute Gasteiger partial charge is 0.456 e. The summed E-state index contributed by atoms with van der Waals surface area (Å²) in [6, 6.07) is 15.5. The molecule has 3 aromatic rings. The molecule has 0 aliphatic rings. The van der Waals surface area contributed by atoms with Crippen LogP contribution in [0.15, 0.2) is 59.1 Å². The van der Waals surface area contributed by atoms with Crippen LogP contribution < -0.4 is 5.32 Å². The molecule has 154 valence electrons. The summed E-state index contributed by atoms with van der Waals surface area (Å²) in [5, 5.41) is 6.48. The lowest BCUT2D eigenvalue weighted by atomic mass is 10.0. The zero-order valence-corrected chi connectivity index (χ0v) is 16.8. The first-order valence-electron chi connectivity index (χ1n) is 9.51. The van der Waals surface area contributed by atoms with Crippen LogP contribution in [0, 0.1) is 13.8 Å². The highest BCUT2D eigenvalue weighted by Crippen LogP contribution is 2.19. The number of aryl methyl sites for hydroxylation is 2. The zero-order valence-electron chi connectivity index (χ0n) is 16.8. The molecule has 3 rings (SSSR count). The van der Waals surface area contributed by atoms with E-state index in [0.29, 0.717) is 29.0 Å². The van der Waals surface area contributed by atoms with Gasteiger partial charge in [-0.25, -0.2) is 0 Å². The summed E-state index contributed by atoms with van der Waals surface area (Å²) >= 11 is 0. The molecule has 1 amide bonds. The fourth-order valence-electron chi connectivity index (χ4n) is 3.03. The molecule has 7 nitrogen and oxygen atoms in total. The van der Waals surface area contributed by atoms with Gasteiger partial charge in [0.25, 0.3) is 5.91 Å². The van der Waals surface area contributed by atoms with E-state index in [1.165, 1.54) is 0 Å². The van der Waals surface area contributed by atoms with E-state index in [-0.39, 0.29) is 12.2 Å². The van der Waals surface area contributed by atoms with Crippen molar-refractivity contribution in [3.63, 3.8) is 0 Å². The lowest BCUT2D eigenvalue weighted by Gasteiger charge is -2.11. The van der Waals surface area contributed by atoms with Gasteiger partial charge < -0.3 is 14.6 Å². The summed E-state index contributed by atoms with van der Waals surface area (Å²) in [7, 11) is 0. The summed E-state index contributed by atoms with van der Waals surface area (Å²) in [6.45, 7) is 3.15. The summed E-state index contributed by atoms with van der Waals surface area (Å²) in [5.74, 6) is -0.562. The van der Waals surface area contributed by atoms with Crippen molar-refractivity contribution < 1.29 is 23.6 Å². The van der Waals surface area contributed by atoms with E-state index in [1.54, 1.807) is 62.4 Å². The first kappa shape index (κ1) is 21.0. The minimum absolute atomic E-state index is 0.110. The first-order chi connectivity index (χ1) is 14.5. The Hall–Kier alpha value is -3.74. The van der Waals surface area contributed by atoms with Gasteiger partial charge in [0, 0.05) is 23.1 Å². The van der Waals surface area contributed by atoms with Crippen LogP contribution in [0.4, 0.5) is 5.69 Å². The fourth-order valence-corrected chi connectivity index (χ4v) is 3.03. The van der Waals surface area contributed by atoms with Crippen LogP contribution >= 0.6 is 0 Å². The third-order valence-corrected chi connectivity index (χ3v) is 4.61. The maximum atomic E-state index is 12.7. The number of rotatable bonds is 8. The van der Waals surface area contributed by atoms with E-state index >= 15 is 0 Å². The highest BCUT2D eigenvalue weighted by atomic mass is 16.5. The normalized spacial score (nSPS) is 10.5. The standard InChI is InChI=1S/C23H22N2O5/c1-15-18(16(2)30-25-15)12-13-22(27)29-14-21(26)24-20-11-7-6-10-19(20)23(28)17-8-4-3-5-9-17/h3-11H,12-14H2,1-2H3,(H,24,26). The molecule has 1 heterocycles. The lowest BCUT2D eigenvalue weighted by Crippen LogP contribution is -2.22. The van der Waals surface area contributed by atoms with Crippen molar-refractivity contribution in [1.29, 1.82) is 0 Å². The topological polar surface area (TPSA) is 98.5 Å². The van der Waals surface area contributed by atoms with E-state index in [0.717, 1.165) is 11.3 Å². The minimum atomic E-state index is -0.519. The average Bonchev–Trinajstić information content (AvgIpc) is 3.08. The smallest absolute Gasteiger partial charge is 0.306 e. The fraction of sp³-hybridized carbons (Fsp3) is 0.217. The quantitative estimate of drug-likeness (QED) is 0.453. The number of anilines is 1. The number of benzene rings is 2. The number of hydrogen-bond acceptors (Lipinski definition) is 6. The Morgan fingerprint density at radius 2 is 1.70 bits per heavy atom. The van der Waals surface area contributed by atoms with Crippen LogP contribution in [-0.2, 0) is 20.7 Å². The van der Waals surface area contributed by atoms with Crippen LogP contribution in [0.5, 0.6) is 0 Å². The van der Waals surface area contributed by atoms with E-state index in [2.05, 4.69) is 10.5 Å². The second-order valence-electron chi connectivity index (χ2n) is 6.75. The van der Waals surface area contributed by atoms with E-state index < -0.39 is 18.5 Å². The molecular formula is C23H22N2O5. The first-order valence-corrected chi connectivity index (χ1v) is 9.51. The molecule has 0 radical (unpaired) electrons. The Morgan fingerprint density at radius 3 is 2.40 bits per heavy atom. The van der Waals surface area contributed by atoms with Crippen molar-refractivity contribution in [3.05, 3.63) is 82.7 Å². The van der Waals surface area contributed by atoms with Gasteiger partial charge >= 0.3 is 5.97 Å². The van der Waals surface area contributed by atoms with Crippen molar-refractivity contribution >= 4 is 23.3 Å². The number of carbonyl (C=O) groups excluding carboxylic acids is 3. The van der Waals surface area contributed by atoms with Crippen LogP contribution in [-0.4, -0.2) is 29.4 Å². The zero-order chi connectivity index (χ0) is 21.5. The van der Waals surface area contributed by atoms with Crippen LogP contribution in [0.1, 0.15) is 39.4 Å². The highest BCUT2D eigenvalue weighted by Gasteiger charge is 2.16. The third kappa shape index (κ3) is 5.20. The molecule has 0 spiro atoms. The molecule has 7 heteroatoms. The molecule has 0 saturated heterocycles. The number of para-hydroxylation sites is 1. The second kappa shape index (κ2) is 9.65. The van der Waals surface area contributed by atoms with E-state index in [1.807, 2.05) is 6.07 Å². The monoisotopic (exact) mass is 406 g/mol. The molecule has 0 atom stereocenters. The molecule has 2 aromatic carbocycles. The summed E-state index contributed by atoms with van der Waals surface area (Å²) in [4.78, 5) is 36.9. The number of ketones is 1. The second-order valence-corrected chi connectivity index (χ2v) is 6.75. The maximum absolute atomic E-state index is 12.7. The number of amides is 1. The number of ether oxygens (including phenoxy) is 1. The van der Waals surface area contributed by atoms with Gasteiger partial charge in [0.1, 0.15) is 5.76 Å². The molecule has 1 N–H and O–H groups in total. The predicted octanol–water partition coefficient (Wildman–Crippen LogP) is 3.64. The molecule has 0 saturated carbocycles. The Morgan fingerprint density at radius 1 is 1.00 bits per heavy atom. The Balaban J connectivity index is 1.55. The van der Waals surface area contributed by atoms with Crippen molar-refractivity contribution in [3.8, 4) is 0 Å². The van der Waals surface area contributed by atoms with Gasteiger partial charge in [-0.15, -0.1) is 0 Å². The third-order valence-electron chi connectivity index (χ3n) is 4.61. The summed E-state index contributed by atoms with van der Waals surface area (Å²) < 4.78 is 10.1. The molecule has 1 aromatic heterocycles. The maximum Gasteiger partial charge on any atom is 0.306 e. The Labute approximate surface area is 174 Å². The molecular weight excluding hydrogens is 384 g/mol. The van der Waals surface area contributed by atoms with Gasteiger partial charge in [-0.1, -0.05) is 47.6 Å². The van der Waals surface area contributed by atoms with Gasteiger partial charge in [0.05, 0.1) is 11.4 Å². The molecule has 0 bridgehead atoms. The van der Waals surface area contributed by atoms with E-state index in [9.17, 15) is 14.4 Å². The van der Waals surface area contributed by atoms with Gasteiger partial charge in [0.15, 0.2) is 12.4 Å². The number of carbonyl (C=O) groups is 3. The molecule has 0 unspecified atom stereocenters. The Bertz CT molecular complexity index is 1040. The SMILES string of the molecule is Cc1noc(C)c1CCC(=O)OCC(=O)Nc1ccccc1C(=O)c1ccccc1. The van der Waals surface area contributed by atoms with E-state index in [4.69, 9.17) is 9.26 Å². The van der Waals surface area contributed by atoms with Crippen molar-refractivity contribution in [2.45, 2.75) is 26.7 Å². The predicted molar refractivity (Wildman–Crippen MR) is 110 cm³/mol. The van der Waals surface area contributed by atoms with Crippen LogP contribution in [0.3, 0.4) is 0 Å². The molecule has 30 heavy (non-hydrogen) atoms. The Kier molecular flexibility index (Phi) is 6.75. The molecule has 0 aliphatic heterocycles. The van der Waals surface area contributed by atoms with Crippen LogP contribution in [0.25, 0.3) is 0 Å². The number of aromatic nitrogens is 1. The average molecular weight is 406 g/mol. The highest BCUT2D eigenvalue weighted by molar-refractivity contribution is 6.13. The number of nitrogens with one attached hydrogen (secondary N) is 1. The summed E-state index contributed by atoms with van der Waals surface area (Å²) in [6.07, 6.45) is 0.537. The van der Waals surface area contributed by atoms with Gasteiger partial charge in [-0.3, -0.25) is 14.4 Å². The molecule has 0 fully saturated rings. The van der Waals surface area contributed by atoms with Gasteiger partial charge in [0.2, 0.25) is 0 Å². The molecule has 0 aliphatic carbocycles. The van der Waals surface area contributed by atoms with Crippen molar-refractivity contribution in [1.82, 2.24) is 5.16 Å². The van der Waals surface area contributed by atoms with Crippen LogP contribution in [0.2, 0.25) is 0 Å². The number of hydrogen-bond donors (Lipinski definition) is 1. The number of esters is 1. The minimum Gasteiger partial charge on any atom is -0.456 e.